The van der Waals surface area contributed by atoms with Gasteiger partial charge >= 0.3 is 6.18 Å². The molecule has 2 N–H and O–H groups in total. The summed E-state index contributed by atoms with van der Waals surface area (Å²) in [6.07, 6.45) is -2.32. The average Bonchev–Trinajstić information content (AvgIpc) is 3.07. The molecule has 2 aliphatic heterocycles. The highest BCUT2D eigenvalue weighted by atomic mass is 19.4. The van der Waals surface area contributed by atoms with E-state index in [1.807, 2.05) is 18.7 Å². The molecule has 27 heavy (non-hydrogen) atoms. The lowest BCUT2D eigenvalue weighted by atomic mass is 10.1. The Morgan fingerprint density at radius 1 is 1.22 bits per heavy atom. The van der Waals surface area contributed by atoms with Gasteiger partial charge in [-0.15, -0.1) is 0 Å². The summed E-state index contributed by atoms with van der Waals surface area (Å²) in [6, 6.07) is 3.60. The van der Waals surface area contributed by atoms with Crippen LogP contribution >= 0.6 is 0 Å². The van der Waals surface area contributed by atoms with Gasteiger partial charge in [-0.1, -0.05) is 0 Å². The number of carbonyl (C=O) groups excluding carboxylic acids is 1. The lowest BCUT2D eigenvalue weighted by Gasteiger charge is -2.32. The Hall–Kier alpha value is -1.80. The molecule has 5 nitrogen and oxygen atoms in total. The first-order chi connectivity index (χ1) is 12.7. The third-order valence-corrected chi connectivity index (χ3v) is 5.07. The molecule has 3 atom stereocenters. The second-order valence-electron chi connectivity index (χ2n) is 7.56. The topological polar surface area (TPSA) is 46.0 Å². The van der Waals surface area contributed by atoms with Gasteiger partial charge in [-0.3, -0.25) is 4.79 Å². The van der Waals surface area contributed by atoms with Crippen molar-refractivity contribution in [2.45, 2.75) is 45.1 Å². The van der Waals surface area contributed by atoms with Gasteiger partial charge in [0, 0.05) is 13.1 Å². The largest absolute Gasteiger partial charge is 0.416 e. The van der Waals surface area contributed by atoms with Gasteiger partial charge in [-0.25, -0.2) is 0 Å². The van der Waals surface area contributed by atoms with E-state index < -0.39 is 11.7 Å². The predicted octanol–water partition coefficient (Wildman–Crippen LogP) is 1.94. The Balaban J connectivity index is 1.75. The number of benzene rings is 1. The van der Waals surface area contributed by atoms with E-state index in [0.29, 0.717) is 18.8 Å². The average molecular weight is 386 g/mol. The third-order valence-electron chi connectivity index (χ3n) is 5.07. The molecule has 1 unspecified atom stereocenters. The van der Waals surface area contributed by atoms with Gasteiger partial charge in [-0.2, -0.15) is 13.2 Å². The number of carbonyl (C=O) groups is 1. The van der Waals surface area contributed by atoms with Crippen LogP contribution in [0.15, 0.2) is 18.2 Å². The second kappa shape index (κ2) is 8.06. The van der Waals surface area contributed by atoms with Crippen molar-refractivity contribution in [2.24, 2.45) is 0 Å². The van der Waals surface area contributed by atoms with E-state index in [4.69, 9.17) is 4.74 Å². The number of amides is 1. The quantitative estimate of drug-likeness (QED) is 0.832. The molecule has 0 saturated carbocycles. The second-order valence-corrected chi connectivity index (χ2v) is 7.56. The van der Waals surface area contributed by atoms with Gasteiger partial charge in [0.2, 0.25) is 0 Å². The van der Waals surface area contributed by atoms with Crippen molar-refractivity contribution in [3.8, 4) is 0 Å². The minimum absolute atomic E-state index is 0.0604. The number of nitrogens with zero attached hydrogens (tertiary/aromatic N) is 1. The minimum atomic E-state index is -4.44. The van der Waals surface area contributed by atoms with Crippen molar-refractivity contribution in [2.75, 3.05) is 42.9 Å². The van der Waals surface area contributed by atoms with E-state index in [0.717, 1.165) is 43.0 Å². The molecule has 0 aromatic heterocycles. The highest BCUT2D eigenvalue weighted by molar-refractivity contribution is 5.95. The molecule has 2 aliphatic rings. The first kappa shape index (κ1) is 19.9. The van der Waals surface area contributed by atoms with Gasteiger partial charge in [-0.05, 0) is 44.9 Å². The Labute approximate surface area is 157 Å². The number of ether oxygens (including phenoxy) is 1. The number of hydrogen-bond acceptors (Lipinski definition) is 3. The smallest absolute Gasteiger partial charge is 0.370 e. The van der Waals surface area contributed by atoms with Crippen molar-refractivity contribution in [1.82, 2.24) is 0 Å². The molecule has 0 aliphatic carbocycles. The van der Waals surface area contributed by atoms with Crippen LogP contribution in [0.5, 0.6) is 0 Å². The number of hydrogen-bond donors (Lipinski definition) is 2. The third kappa shape index (κ3) is 5.13. The summed E-state index contributed by atoms with van der Waals surface area (Å²) >= 11 is 0. The van der Waals surface area contributed by atoms with E-state index in [-0.39, 0.29) is 30.3 Å². The van der Waals surface area contributed by atoms with Crippen molar-refractivity contribution in [1.29, 1.82) is 0 Å². The molecule has 1 amide bonds. The Morgan fingerprint density at radius 2 is 1.85 bits per heavy atom. The Morgan fingerprint density at radius 3 is 2.44 bits per heavy atom. The van der Waals surface area contributed by atoms with Crippen LogP contribution in [0.4, 0.5) is 24.5 Å². The zero-order chi connectivity index (χ0) is 19.6. The Kier molecular flexibility index (Phi) is 5.95. The summed E-state index contributed by atoms with van der Waals surface area (Å²) in [4.78, 5) is 15.7. The van der Waals surface area contributed by atoms with Crippen LogP contribution in [0, 0.1) is 0 Å². The maximum absolute atomic E-state index is 13.1. The van der Waals surface area contributed by atoms with Gasteiger partial charge in [0.1, 0.15) is 25.3 Å². The van der Waals surface area contributed by atoms with Gasteiger partial charge < -0.3 is 19.9 Å². The fraction of sp³-hybridized carbons (Fsp3) is 0.632. The summed E-state index contributed by atoms with van der Waals surface area (Å²) < 4.78 is 45.1. The molecular weight excluding hydrogens is 359 g/mol. The fourth-order valence-electron chi connectivity index (χ4n) is 4.00. The number of halogens is 3. The summed E-state index contributed by atoms with van der Waals surface area (Å²) in [5, 5.41) is 2.73. The summed E-state index contributed by atoms with van der Waals surface area (Å²) in [5.74, 6) is -0.272. The molecule has 1 aromatic rings. The van der Waals surface area contributed by atoms with Crippen molar-refractivity contribution in [3.63, 3.8) is 0 Å². The van der Waals surface area contributed by atoms with Gasteiger partial charge in [0.15, 0.2) is 6.54 Å². The van der Waals surface area contributed by atoms with Crippen LogP contribution in [0.2, 0.25) is 0 Å². The SMILES string of the molecule is C[C@@H]1C[NH+](CC(=O)Nc2cc(C(F)(F)F)ccc2N2CCCC2)C[C@H](C)O1. The van der Waals surface area contributed by atoms with Crippen LogP contribution in [0.1, 0.15) is 32.3 Å². The number of nitrogens with one attached hydrogen (secondary N) is 2. The van der Waals surface area contributed by atoms with Crippen LogP contribution < -0.4 is 15.1 Å². The molecule has 2 fully saturated rings. The molecular formula is C19H27F3N3O2+. The molecule has 3 rings (SSSR count). The predicted molar refractivity (Wildman–Crippen MR) is 97.1 cm³/mol. The van der Waals surface area contributed by atoms with E-state index in [2.05, 4.69) is 5.32 Å². The van der Waals surface area contributed by atoms with Crippen LogP contribution in [0.25, 0.3) is 0 Å². The molecule has 0 radical (unpaired) electrons. The van der Waals surface area contributed by atoms with E-state index in [9.17, 15) is 18.0 Å². The zero-order valence-electron chi connectivity index (χ0n) is 15.7. The van der Waals surface area contributed by atoms with Crippen molar-refractivity contribution < 1.29 is 27.6 Å². The van der Waals surface area contributed by atoms with E-state index >= 15 is 0 Å². The van der Waals surface area contributed by atoms with Gasteiger partial charge in [0.25, 0.3) is 5.91 Å². The number of morpholine rings is 1. The molecule has 8 heteroatoms. The maximum Gasteiger partial charge on any atom is 0.416 e. The highest BCUT2D eigenvalue weighted by Crippen LogP contribution is 2.36. The Bertz CT molecular complexity index is 665. The van der Waals surface area contributed by atoms with E-state index in [1.165, 1.54) is 6.07 Å². The monoisotopic (exact) mass is 386 g/mol. The highest BCUT2D eigenvalue weighted by Gasteiger charge is 2.32. The molecule has 2 heterocycles. The van der Waals surface area contributed by atoms with Crippen molar-refractivity contribution in [3.05, 3.63) is 23.8 Å². The van der Waals surface area contributed by atoms with Gasteiger partial charge in [0.05, 0.1) is 16.9 Å². The van der Waals surface area contributed by atoms with Crippen LogP contribution in [-0.4, -0.2) is 50.8 Å². The molecule has 0 spiro atoms. The normalized spacial score (nSPS) is 26.3. The van der Waals surface area contributed by atoms with Crippen LogP contribution in [0.3, 0.4) is 0 Å². The first-order valence-electron chi connectivity index (χ1n) is 9.47. The molecule has 0 bridgehead atoms. The lowest BCUT2D eigenvalue weighted by molar-refractivity contribution is -0.907. The summed E-state index contributed by atoms with van der Waals surface area (Å²) in [7, 11) is 0. The molecule has 150 valence electrons. The summed E-state index contributed by atoms with van der Waals surface area (Å²) in [6.45, 7) is 7.14. The zero-order valence-corrected chi connectivity index (χ0v) is 15.7. The first-order valence-corrected chi connectivity index (χ1v) is 9.47. The fourth-order valence-corrected chi connectivity index (χ4v) is 4.00. The molecule has 1 aromatic carbocycles. The van der Waals surface area contributed by atoms with E-state index in [1.54, 1.807) is 0 Å². The lowest BCUT2D eigenvalue weighted by Crippen LogP contribution is -3.16. The minimum Gasteiger partial charge on any atom is -0.370 e. The van der Waals surface area contributed by atoms with Crippen LogP contribution in [-0.2, 0) is 15.7 Å². The summed E-state index contributed by atoms with van der Waals surface area (Å²) in [5.41, 5.74) is 0.153. The number of alkyl halides is 3. The number of anilines is 2. The van der Waals surface area contributed by atoms with Crippen molar-refractivity contribution >= 4 is 17.3 Å². The number of quaternary nitrogens is 1. The maximum atomic E-state index is 13.1. The standard InChI is InChI=1S/C19H26F3N3O2/c1-13-10-24(11-14(2)27-13)12-18(26)23-16-9-15(19(20,21)22)5-6-17(16)25-7-3-4-8-25/h5-6,9,13-14H,3-4,7-8,10-12H2,1-2H3,(H,23,26)/p+1/t13-,14+. The number of rotatable bonds is 4. The molecule has 2 saturated heterocycles.